The lowest BCUT2D eigenvalue weighted by atomic mass is 9.98. The summed E-state index contributed by atoms with van der Waals surface area (Å²) in [5.41, 5.74) is 3.28. The van der Waals surface area contributed by atoms with E-state index in [4.69, 9.17) is 5.26 Å². The molecule has 2 amide bonds. The Morgan fingerprint density at radius 2 is 1.85 bits per heavy atom. The number of nitrogens with one attached hydrogen (secondary N) is 1. The highest BCUT2D eigenvalue weighted by Gasteiger charge is 2.41. The lowest BCUT2D eigenvalue weighted by molar-refractivity contribution is -0.142. The van der Waals surface area contributed by atoms with Gasteiger partial charge in [-0.3, -0.25) is 14.4 Å². The minimum atomic E-state index is -0.958. The zero-order valence-electron chi connectivity index (χ0n) is 15.1. The van der Waals surface area contributed by atoms with Gasteiger partial charge in [0.15, 0.2) is 0 Å². The number of Topliss-reactive ketones (excluding diaryl/α,β-unsaturated/α-hetero) is 1. The molecule has 0 aliphatic carbocycles. The molecule has 1 aliphatic heterocycles. The summed E-state index contributed by atoms with van der Waals surface area (Å²) in [6.07, 6.45) is 0. The van der Waals surface area contributed by atoms with Crippen molar-refractivity contribution in [1.29, 1.82) is 5.26 Å². The SMILES string of the molecule is C[C@@H](NC(=O)C1CN(C)C(=O)C1=O)c1cccc(-c2cccc(C#N)c2)c1. The Balaban J connectivity index is 1.77. The number of likely N-dealkylation sites (N-methyl/N-ethyl adjacent to an activating group) is 1. The maximum Gasteiger partial charge on any atom is 0.290 e. The number of hydrogen-bond acceptors (Lipinski definition) is 4. The molecule has 136 valence electrons. The van der Waals surface area contributed by atoms with Gasteiger partial charge in [0.2, 0.25) is 11.7 Å². The third-order valence-electron chi connectivity index (χ3n) is 4.72. The van der Waals surface area contributed by atoms with Gasteiger partial charge in [0.25, 0.3) is 5.91 Å². The molecule has 1 unspecified atom stereocenters. The van der Waals surface area contributed by atoms with Gasteiger partial charge in [0, 0.05) is 13.6 Å². The molecule has 1 N–H and O–H groups in total. The van der Waals surface area contributed by atoms with E-state index in [0.29, 0.717) is 5.56 Å². The van der Waals surface area contributed by atoms with Gasteiger partial charge < -0.3 is 10.2 Å². The van der Waals surface area contributed by atoms with Crippen molar-refractivity contribution in [1.82, 2.24) is 10.2 Å². The number of carbonyl (C=O) groups excluding carboxylic acids is 3. The molecule has 2 aromatic carbocycles. The van der Waals surface area contributed by atoms with Crippen molar-refractivity contribution < 1.29 is 14.4 Å². The summed E-state index contributed by atoms with van der Waals surface area (Å²) in [5, 5.41) is 11.9. The van der Waals surface area contributed by atoms with Crippen molar-refractivity contribution in [2.45, 2.75) is 13.0 Å². The van der Waals surface area contributed by atoms with Crippen LogP contribution in [0.15, 0.2) is 48.5 Å². The lowest BCUT2D eigenvalue weighted by Crippen LogP contribution is -2.37. The number of nitrogens with zero attached hydrogens (tertiary/aromatic N) is 2. The molecular formula is C21H19N3O3. The fourth-order valence-corrected chi connectivity index (χ4v) is 3.13. The first kappa shape index (κ1) is 18.3. The maximum absolute atomic E-state index is 12.4. The van der Waals surface area contributed by atoms with E-state index >= 15 is 0 Å². The summed E-state index contributed by atoms with van der Waals surface area (Å²) in [7, 11) is 1.51. The number of nitriles is 1. The first-order valence-electron chi connectivity index (χ1n) is 8.61. The van der Waals surface area contributed by atoms with Crippen LogP contribution in [0.1, 0.15) is 24.1 Å². The highest BCUT2D eigenvalue weighted by molar-refractivity contribution is 6.42. The van der Waals surface area contributed by atoms with Crippen molar-refractivity contribution in [2.24, 2.45) is 5.92 Å². The molecule has 0 radical (unpaired) electrons. The Hall–Kier alpha value is -3.46. The first-order chi connectivity index (χ1) is 12.9. The molecule has 1 fully saturated rings. The molecule has 0 bridgehead atoms. The van der Waals surface area contributed by atoms with Crippen molar-refractivity contribution >= 4 is 17.6 Å². The van der Waals surface area contributed by atoms with Crippen LogP contribution in [-0.2, 0) is 14.4 Å². The van der Waals surface area contributed by atoms with Gasteiger partial charge in [0.05, 0.1) is 17.7 Å². The molecule has 27 heavy (non-hydrogen) atoms. The summed E-state index contributed by atoms with van der Waals surface area (Å²) in [4.78, 5) is 37.2. The number of amides is 2. The second-order valence-electron chi connectivity index (χ2n) is 6.65. The van der Waals surface area contributed by atoms with Crippen LogP contribution in [0.3, 0.4) is 0 Å². The normalized spacial score (nSPS) is 17.5. The first-order valence-corrected chi connectivity index (χ1v) is 8.61. The zero-order chi connectivity index (χ0) is 19.6. The second-order valence-corrected chi connectivity index (χ2v) is 6.65. The van der Waals surface area contributed by atoms with E-state index in [2.05, 4.69) is 11.4 Å². The van der Waals surface area contributed by atoms with E-state index in [9.17, 15) is 14.4 Å². The predicted molar refractivity (Wildman–Crippen MR) is 99.3 cm³/mol. The summed E-state index contributed by atoms with van der Waals surface area (Å²) < 4.78 is 0. The van der Waals surface area contributed by atoms with E-state index in [1.54, 1.807) is 12.1 Å². The molecule has 0 aromatic heterocycles. The van der Waals surface area contributed by atoms with Crippen molar-refractivity contribution in [2.75, 3.05) is 13.6 Å². The third-order valence-corrected chi connectivity index (χ3v) is 4.72. The summed E-state index contributed by atoms with van der Waals surface area (Å²) in [6.45, 7) is 1.94. The fraction of sp³-hybridized carbons (Fsp3) is 0.238. The molecule has 2 atom stereocenters. The van der Waals surface area contributed by atoms with Crippen molar-refractivity contribution in [3.63, 3.8) is 0 Å². The van der Waals surface area contributed by atoms with E-state index in [1.807, 2.05) is 43.3 Å². The molecule has 6 heteroatoms. The molecule has 6 nitrogen and oxygen atoms in total. The minimum absolute atomic E-state index is 0.108. The fourth-order valence-electron chi connectivity index (χ4n) is 3.13. The molecule has 1 heterocycles. The predicted octanol–water partition coefficient (Wildman–Crippen LogP) is 2.06. The van der Waals surface area contributed by atoms with Gasteiger partial charge in [-0.25, -0.2) is 0 Å². The molecule has 1 aliphatic rings. The highest BCUT2D eigenvalue weighted by Crippen LogP contribution is 2.24. The van der Waals surface area contributed by atoms with Gasteiger partial charge in [0.1, 0.15) is 5.92 Å². The lowest BCUT2D eigenvalue weighted by Gasteiger charge is -2.17. The molecule has 0 spiro atoms. The van der Waals surface area contributed by atoms with Crippen LogP contribution in [0.25, 0.3) is 11.1 Å². The highest BCUT2D eigenvalue weighted by atomic mass is 16.2. The van der Waals surface area contributed by atoms with Crippen LogP contribution in [0.5, 0.6) is 0 Å². The van der Waals surface area contributed by atoms with Gasteiger partial charge in [-0.1, -0.05) is 30.3 Å². The summed E-state index contributed by atoms with van der Waals surface area (Å²) in [5.74, 6) is -2.69. The molecule has 0 saturated carbocycles. The van der Waals surface area contributed by atoms with E-state index in [0.717, 1.165) is 16.7 Å². The largest absolute Gasteiger partial charge is 0.349 e. The molecule has 2 aromatic rings. The number of ketones is 1. The van der Waals surface area contributed by atoms with Crippen LogP contribution in [-0.4, -0.2) is 36.1 Å². The number of hydrogen-bond donors (Lipinski definition) is 1. The topological polar surface area (TPSA) is 90.3 Å². The zero-order valence-corrected chi connectivity index (χ0v) is 15.1. The van der Waals surface area contributed by atoms with Gasteiger partial charge in [-0.2, -0.15) is 5.26 Å². The smallest absolute Gasteiger partial charge is 0.290 e. The van der Waals surface area contributed by atoms with E-state index < -0.39 is 23.5 Å². The average molecular weight is 361 g/mol. The van der Waals surface area contributed by atoms with Crippen LogP contribution >= 0.6 is 0 Å². The standard InChI is InChI=1S/C21H19N3O3/c1-13(23-20(26)18-12-24(2)21(27)19(18)25)15-6-4-8-17(10-15)16-7-3-5-14(9-16)11-22/h3-10,13,18H,12H2,1-2H3,(H,23,26)/t13-,18?/m1/s1. The van der Waals surface area contributed by atoms with Crippen LogP contribution < -0.4 is 5.32 Å². The second kappa shape index (κ2) is 7.42. The van der Waals surface area contributed by atoms with Gasteiger partial charge >= 0.3 is 0 Å². The quantitative estimate of drug-likeness (QED) is 0.667. The van der Waals surface area contributed by atoms with Crippen LogP contribution in [0, 0.1) is 17.2 Å². The Morgan fingerprint density at radius 3 is 2.48 bits per heavy atom. The Labute approximate surface area is 157 Å². The minimum Gasteiger partial charge on any atom is -0.349 e. The Morgan fingerprint density at radius 1 is 1.19 bits per heavy atom. The van der Waals surface area contributed by atoms with Crippen molar-refractivity contribution in [3.05, 3.63) is 59.7 Å². The van der Waals surface area contributed by atoms with Gasteiger partial charge in [-0.15, -0.1) is 0 Å². The summed E-state index contributed by atoms with van der Waals surface area (Å²) >= 11 is 0. The Kier molecular flexibility index (Phi) is 5.04. The van der Waals surface area contributed by atoms with Gasteiger partial charge in [-0.05, 0) is 41.8 Å². The van der Waals surface area contributed by atoms with E-state index in [-0.39, 0.29) is 12.6 Å². The summed E-state index contributed by atoms with van der Waals surface area (Å²) in [6, 6.07) is 16.7. The monoisotopic (exact) mass is 361 g/mol. The number of carbonyl (C=O) groups is 3. The molecule has 3 rings (SSSR count). The van der Waals surface area contributed by atoms with E-state index in [1.165, 1.54) is 11.9 Å². The number of likely N-dealkylation sites (tertiary alicyclic amines) is 1. The average Bonchev–Trinajstić information content (AvgIpc) is 2.95. The number of benzene rings is 2. The van der Waals surface area contributed by atoms with Crippen LogP contribution in [0.2, 0.25) is 0 Å². The Bertz CT molecular complexity index is 961. The van der Waals surface area contributed by atoms with Crippen LogP contribution in [0.4, 0.5) is 0 Å². The molecular weight excluding hydrogens is 342 g/mol. The molecule has 1 saturated heterocycles. The number of rotatable bonds is 4. The van der Waals surface area contributed by atoms with Crippen molar-refractivity contribution in [3.8, 4) is 17.2 Å². The maximum atomic E-state index is 12.4. The third kappa shape index (κ3) is 3.72.